The molecule has 2 aromatic heterocycles. The topological polar surface area (TPSA) is 45.2 Å². The van der Waals surface area contributed by atoms with Crippen molar-refractivity contribution < 1.29 is 13.2 Å². The molecule has 3 heterocycles. The van der Waals surface area contributed by atoms with Crippen LogP contribution in [0.4, 0.5) is 24.8 Å². The van der Waals surface area contributed by atoms with Crippen LogP contribution in [0.3, 0.4) is 0 Å². The number of nitrogens with zero attached hydrogens (tertiary/aromatic N) is 5. The summed E-state index contributed by atoms with van der Waals surface area (Å²) >= 11 is 0. The molecule has 0 aromatic carbocycles. The number of alkyl halides is 3. The van der Waals surface area contributed by atoms with Crippen molar-refractivity contribution in [1.82, 2.24) is 15.0 Å². The molecule has 1 aliphatic rings. The molecule has 0 atom stereocenters. The molecule has 8 heteroatoms. The van der Waals surface area contributed by atoms with Gasteiger partial charge in [0.2, 0.25) is 5.95 Å². The molecule has 1 saturated heterocycles. The largest absolute Gasteiger partial charge is 0.433 e. The van der Waals surface area contributed by atoms with Crippen LogP contribution in [-0.2, 0) is 6.18 Å². The molecule has 1 fully saturated rings. The van der Waals surface area contributed by atoms with Crippen molar-refractivity contribution in [2.45, 2.75) is 6.18 Å². The summed E-state index contributed by atoms with van der Waals surface area (Å²) in [5, 5.41) is 0. The first-order valence-electron chi connectivity index (χ1n) is 6.84. The maximum absolute atomic E-state index is 12.7. The molecule has 0 bridgehead atoms. The minimum absolute atomic E-state index is 0.129. The molecule has 0 unspecified atom stereocenters. The molecule has 3 rings (SSSR count). The first-order chi connectivity index (χ1) is 10.5. The van der Waals surface area contributed by atoms with E-state index in [2.05, 4.69) is 19.9 Å². The predicted molar refractivity (Wildman–Crippen MR) is 75.7 cm³/mol. The minimum Gasteiger partial charge on any atom is -0.368 e. The molecule has 2 aromatic rings. The Morgan fingerprint density at radius 3 is 2.14 bits per heavy atom. The third-order valence-electron chi connectivity index (χ3n) is 3.52. The third-order valence-corrected chi connectivity index (χ3v) is 3.52. The number of rotatable bonds is 2. The average molecular weight is 309 g/mol. The lowest BCUT2D eigenvalue weighted by Gasteiger charge is -2.36. The average Bonchev–Trinajstić information content (AvgIpc) is 2.55. The Balaban J connectivity index is 1.69. The molecule has 0 aliphatic carbocycles. The fraction of sp³-hybridized carbons (Fsp3) is 0.357. The van der Waals surface area contributed by atoms with E-state index < -0.39 is 11.9 Å². The van der Waals surface area contributed by atoms with Gasteiger partial charge in [0.1, 0.15) is 5.69 Å². The van der Waals surface area contributed by atoms with Gasteiger partial charge in [-0.3, -0.25) is 4.98 Å². The van der Waals surface area contributed by atoms with Gasteiger partial charge in [-0.15, -0.1) is 0 Å². The molecule has 0 spiro atoms. The van der Waals surface area contributed by atoms with E-state index in [9.17, 15) is 13.2 Å². The van der Waals surface area contributed by atoms with Crippen molar-refractivity contribution in [2.75, 3.05) is 36.0 Å². The fourth-order valence-corrected chi connectivity index (χ4v) is 2.38. The molecule has 116 valence electrons. The van der Waals surface area contributed by atoms with Crippen molar-refractivity contribution in [3.8, 4) is 0 Å². The molecule has 0 N–H and O–H groups in total. The molecule has 1 aliphatic heterocycles. The number of piperazine rings is 1. The van der Waals surface area contributed by atoms with Gasteiger partial charge in [-0.25, -0.2) is 9.97 Å². The highest BCUT2D eigenvalue weighted by atomic mass is 19.4. The third kappa shape index (κ3) is 3.10. The number of hydrogen-bond acceptors (Lipinski definition) is 5. The Hall–Kier alpha value is -2.38. The van der Waals surface area contributed by atoms with Crippen LogP contribution in [-0.4, -0.2) is 41.1 Å². The maximum atomic E-state index is 12.7. The molecule has 0 saturated carbocycles. The molecule has 5 nitrogen and oxygen atoms in total. The van der Waals surface area contributed by atoms with Crippen molar-refractivity contribution in [1.29, 1.82) is 0 Å². The molecular formula is C14H14F3N5. The van der Waals surface area contributed by atoms with E-state index in [0.29, 0.717) is 26.2 Å². The summed E-state index contributed by atoms with van der Waals surface area (Å²) < 4.78 is 38.1. The Morgan fingerprint density at radius 2 is 1.50 bits per heavy atom. The first-order valence-corrected chi connectivity index (χ1v) is 6.84. The zero-order valence-corrected chi connectivity index (χ0v) is 11.7. The monoisotopic (exact) mass is 309 g/mol. The minimum atomic E-state index is -4.45. The second-order valence-corrected chi connectivity index (χ2v) is 4.92. The standard InChI is InChI=1S/C14H14F3N5/c15-14(16,17)12-3-6-19-13(20-12)22-9-7-21(8-10-22)11-1-4-18-5-2-11/h1-6H,7-10H2. The summed E-state index contributed by atoms with van der Waals surface area (Å²) in [4.78, 5) is 15.5. The summed E-state index contributed by atoms with van der Waals surface area (Å²) in [6, 6.07) is 4.71. The van der Waals surface area contributed by atoms with E-state index in [4.69, 9.17) is 0 Å². The number of anilines is 2. The van der Waals surface area contributed by atoms with Gasteiger partial charge in [-0.05, 0) is 18.2 Å². The van der Waals surface area contributed by atoms with E-state index in [0.717, 1.165) is 18.0 Å². The maximum Gasteiger partial charge on any atom is 0.433 e. The predicted octanol–water partition coefficient (Wildman–Crippen LogP) is 2.22. The van der Waals surface area contributed by atoms with Crippen LogP contribution >= 0.6 is 0 Å². The normalized spacial score (nSPS) is 16.0. The van der Waals surface area contributed by atoms with Gasteiger partial charge in [0, 0.05) is 50.5 Å². The number of halogens is 3. The van der Waals surface area contributed by atoms with Crippen LogP contribution < -0.4 is 9.80 Å². The number of aromatic nitrogens is 3. The number of pyridine rings is 1. The van der Waals surface area contributed by atoms with E-state index in [1.165, 1.54) is 0 Å². The highest BCUT2D eigenvalue weighted by molar-refractivity contribution is 5.47. The molecule has 0 amide bonds. The van der Waals surface area contributed by atoms with Crippen LogP contribution in [0.5, 0.6) is 0 Å². The Kier molecular flexibility index (Phi) is 3.82. The van der Waals surface area contributed by atoms with Gasteiger partial charge in [0.25, 0.3) is 0 Å². The lowest BCUT2D eigenvalue weighted by molar-refractivity contribution is -0.141. The van der Waals surface area contributed by atoms with Crippen LogP contribution in [0.1, 0.15) is 5.69 Å². The van der Waals surface area contributed by atoms with Gasteiger partial charge >= 0.3 is 6.18 Å². The smallest absolute Gasteiger partial charge is 0.368 e. The summed E-state index contributed by atoms with van der Waals surface area (Å²) in [7, 11) is 0. The van der Waals surface area contributed by atoms with Crippen LogP contribution in [0, 0.1) is 0 Å². The van der Waals surface area contributed by atoms with E-state index in [-0.39, 0.29) is 5.95 Å². The number of hydrogen-bond donors (Lipinski definition) is 0. The quantitative estimate of drug-likeness (QED) is 0.851. The second kappa shape index (κ2) is 5.78. The molecule has 0 radical (unpaired) electrons. The SMILES string of the molecule is FC(F)(F)c1ccnc(N2CCN(c3ccncc3)CC2)n1. The van der Waals surface area contributed by atoms with E-state index >= 15 is 0 Å². The van der Waals surface area contributed by atoms with Gasteiger partial charge in [0.05, 0.1) is 0 Å². The summed E-state index contributed by atoms with van der Waals surface area (Å²) in [5.74, 6) is 0.129. The lowest BCUT2D eigenvalue weighted by Crippen LogP contribution is -2.47. The fourth-order valence-electron chi connectivity index (χ4n) is 2.38. The second-order valence-electron chi connectivity index (χ2n) is 4.92. The summed E-state index contributed by atoms with van der Waals surface area (Å²) in [6.45, 7) is 2.54. The zero-order valence-electron chi connectivity index (χ0n) is 11.7. The van der Waals surface area contributed by atoms with Crippen molar-refractivity contribution in [3.63, 3.8) is 0 Å². The highest BCUT2D eigenvalue weighted by Crippen LogP contribution is 2.28. The van der Waals surface area contributed by atoms with Crippen molar-refractivity contribution in [3.05, 3.63) is 42.5 Å². The highest BCUT2D eigenvalue weighted by Gasteiger charge is 2.33. The lowest BCUT2D eigenvalue weighted by atomic mass is 10.3. The van der Waals surface area contributed by atoms with Gasteiger partial charge < -0.3 is 9.80 Å². The molecular weight excluding hydrogens is 295 g/mol. The van der Waals surface area contributed by atoms with Crippen LogP contribution in [0.15, 0.2) is 36.8 Å². The van der Waals surface area contributed by atoms with Crippen molar-refractivity contribution in [2.24, 2.45) is 0 Å². The van der Waals surface area contributed by atoms with Gasteiger partial charge in [-0.2, -0.15) is 13.2 Å². The van der Waals surface area contributed by atoms with Crippen LogP contribution in [0.25, 0.3) is 0 Å². The Labute approximate surface area is 125 Å². The Bertz CT molecular complexity index is 624. The van der Waals surface area contributed by atoms with E-state index in [1.807, 2.05) is 12.1 Å². The zero-order chi connectivity index (χ0) is 15.6. The van der Waals surface area contributed by atoms with E-state index in [1.54, 1.807) is 17.3 Å². The summed E-state index contributed by atoms with van der Waals surface area (Å²) in [5.41, 5.74) is 0.147. The first kappa shape index (κ1) is 14.6. The summed E-state index contributed by atoms with van der Waals surface area (Å²) in [6.07, 6.45) is 0.145. The van der Waals surface area contributed by atoms with Crippen molar-refractivity contribution >= 4 is 11.6 Å². The molecule has 22 heavy (non-hydrogen) atoms. The van der Waals surface area contributed by atoms with Gasteiger partial charge in [-0.1, -0.05) is 0 Å². The van der Waals surface area contributed by atoms with Crippen LogP contribution in [0.2, 0.25) is 0 Å². The van der Waals surface area contributed by atoms with Gasteiger partial charge in [0.15, 0.2) is 0 Å². The Morgan fingerprint density at radius 1 is 0.864 bits per heavy atom.